The molecule has 2 rings (SSSR count). The van der Waals surface area contributed by atoms with Gasteiger partial charge in [-0.25, -0.2) is 9.37 Å². The van der Waals surface area contributed by atoms with Gasteiger partial charge in [0.25, 0.3) is 0 Å². The standard InChI is InChI=1S/C13H15ClFN3/c1-16-12(13-7-18(2)8-17-13)5-9-3-4-10(15)6-11(9)14/h3-4,6-8,12,16H,5H2,1-2H3. The summed E-state index contributed by atoms with van der Waals surface area (Å²) in [5.41, 5.74) is 1.85. The number of aryl methyl sites for hydroxylation is 1. The molecule has 0 saturated carbocycles. The summed E-state index contributed by atoms with van der Waals surface area (Å²) in [6.45, 7) is 0. The van der Waals surface area contributed by atoms with Gasteiger partial charge in [0, 0.05) is 18.3 Å². The van der Waals surface area contributed by atoms with Crippen LogP contribution in [0.2, 0.25) is 5.02 Å². The molecule has 0 saturated heterocycles. The van der Waals surface area contributed by atoms with Crippen LogP contribution in [-0.4, -0.2) is 16.6 Å². The number of benzene rings is 1. The fourth-order valence-electron chi connectivity index (χ4n) is 1.87. The van der Waals surface area contributed by atoms with E-state index in [4.69, 9.17) is 11.6 Å². The van der Waals surface area contributed by atoms with Gasteiger partial charge in [-0.05, 0) is 31.2 Å². The van der Waals surface area contributed by atoms with Gasteiger partial charge in [-0.15, -0.1) is 0 Å². The van der Waals surface area contributed by atoms with Gasteiger partial charge >= 0.3 is 0 Å². The minimum absolute atomic E-state index is 0.0640. The number of hydrogen-bond acceptors (Lipinski definition) is 2. The van der Waals surface area contributed by atoms with Gasteiger partial charge in [-0.2, -0.15) is 0 Å². The molecular weight excluding hydrogens is 253 g/mol. The summed E-state index contributed by atoms with van der Waals surface area (Å²) >= 11 is 6.03. The molecule has 96 valence electrons. The third kappa shape index (κ3) is 2.89. The fraction of sp³-hybridized carbons (Fsp3) is 0.308. The number of rotatable bonds is 4. The van der Waals surface area contributed by atoms with Crippen LogP contribution in [0.1, 0.15) is 17.3 Å². The van der Waals surface area contributed by atoms with Gasteiger partial charge in [0.1, 0.15) is 5.82 Å². The van der Waals surface area contributed by atoms with E-state index < -0.39 is 0 Å². The summed E-state index contributed by atoms with van der Waals surface area (Å²) in [4.78, 5) is 4.31. The van der Waals surface area contributed by atoms with Crippen LogP contribution in [0.3, 0.4) is 0 Å². The smallest absolute Gasteiger partial charge is 0.124 e. The monoisotopic (exact) mass is 267 g/mol. The lowest BCUT2D eigenvalue weighted by molar-refractivity contribution is 0.576. The molecule has 0 fully saturated rings. The Labute approximate surface area is 111 Å². The summed E-state index contributed by atoms with van der Waals surface area (Å²) in [5.74, 6) is -0.317. The number of likely N-dealkylation sites (N-methyl/N-ethyl adjacent to an activating group) is 1. The molecule has 1 aromatic carbocycles. The second-order valence-corrected chi connectivity index (χ2v) is 4.65. The number of hydrogen-bond donors (Lipinski definition) is 1. The number of nitrogens with zero attached hydrogens (tertiary/aromatic N) is 2. The molecule has 2 aromatic rings. The predicted octanol–water partition coefficient (Wildman–Crippen LogP) is 2.72. The molecule has 0 radical (unpaired) electrons. The zero-order valence-corrected chi connectivity index (χ0v) is 11.1. The van der Waals surface area contributed by atoms with E-state index in [-0.39, 0.29) is 11.9 Å². The lowest BCUT2D eigenvalue weighted by Crippen LogP contribution is -2.19. The van der Waals surface area contributed by atoms with Crippen LogP contribution in [0, 0.1) is 5.82 Å². The maximum atomic E-state index is 13.0. The number of aromatic nitrogens is 2. The zero-order valence-electron chi connectivity index (χ0n) is 10.3. The largest absolute Gasteiger partial charge is 0.340 e. The Hall–Kier alpha value is -1.39. The van der Waals surface area contributed by atoms with Crippen LogP contribution >= 0.6 is 11.6 Å². The van der Waals surface area contributed by atoms with Crippen LogP contribution in [0.15, 0.2) is 30.7 Å². The van der Waals surface area contributed by atoms with Crippen molar-refractivity contribution >= 4 is 11.6 Å². The number of halogens is 2. The lowest BCUT2D eigenvalue weighted by atomic mass is 10.0. The Morgan fingerprint density at radius 2 is 2.28 bits per heavy atom. The van der Waals surface area contributed by atoms with E-state index in [1.54, 1.807) is 12.4 Å². The second kappa shape index (κ2) is 5.50. The molecule has 3 nitrogen and oxygen atoms in total. The van der Waals surface area contributed by atoms with Gasteiger partial charge in [-0.3, -0.25) is 0 Å². The Kier molecular flexibility index (Phi) is 3.99. The van der Waals surface area contributed by atoms with Gasteiger partial charge < -0.3 is 9.88 Å². The molecule has 1 atom stereocenters. The van der Waals surface area contributed by atoms with Crippen LogP contribution in [-0.2, 0) is 13.5 Å². The van der Waals surface area contributed by atoms with Crippen LogP contribution in [0.25, 0.3) is 0 Å². The van der Waals surface area contributed by atoms with Crippen LogP contribution < -0.4 is 5.32 Å². The van der Waals surface area contributed by atoms with E-state index in [2.05, 4.69) is 10.3 Å². The average Bonchev–Trinajstić information content (AvgIpc) is 2.75. The van der Waals surface area contributed by atoms with E-state index in [0.29, 0.717) is 11.4 Å². The van der Waals surface area contributed by atoms with Crippen molar-refractivity contribution in [3.05, 3.63) is 52.8 Å². The summed E-state index contributed by atoms with van der Waals surface area (Å²) in [6, 6.07) is 4.54. The molecule has 1 unspecified atom stereocenters. The molecule has 0 aliphatic heterocycles. The first kappa shape index (κ1) is 13.1. The molecule has 0 bridgehead atoms. The Morgan fingerprint density at radius 3 is 2.83 bits per heavy atom. The second-order valence-electron chi connectivity index (χ2n) is 4.25. The molecule has 1 heterocycles. The molecule has 1 aromatic heterocycles. The van der Waals surface area contributed by atoms with Crippen LogP contribution in [0.4, 0.5) is 4.39 Å². The van der Waals surface area contributed by atoms with E-state index >= 15 is 0 Å². The van der Waals surface area contributed by atoms with Gasteiger partial charge in [0.15, 0.2) is 0 Å². The predicted molar refractivity (Wildman–Crippen MR) is 70.1 cm³/mol. The fourth-order valence-corrected chi connectivity index (χ4v) is 2.12. The maximum Gasteiger partial charge on any atom is 0.124 e. The Morgan fingerprint density at radius 1 is 1.50 bits per heavy atom. The molecule has 1 N–H and O–H groups in total. The highest BCUT2D eigenvalue weighted by Crippen LogP contribution is 2.23. The van der Waals surface area contributed by atoms with E-state index in [1.165, 1.54) is 12.1 Å². The topological polar surface area (TPSA) is 29.9 Å². The number of imidazole rings is 1. The molecule has 0 spiro atoms. The minimum atomic E-state index is -0.317. The highest BCUT2D eigenvalue weighted by atomic mass is 35.5. The normalized spacial score (nSPS) is 12.7. The molecule has 0 amide bonds. The van der Waals surface area contributed by atoms with Crippen molar-refractivity contribution < 1.29 is 4.39 Å². The molecule has 5 heteroatoms. The van der Waals surface area contributed by atoms with Gasteiger partial charge in [-0.1, -0.05) is 17.7 Å². The van der Waals surface area contributed by atoms with E-state index in [9.17, 15) is 4.39 Å². The van der Waals surface area contributed by atoms with Gasteiger partial charge in [0.2, 0.25) is 0 Å². The molecule has 0 aliphatic rings. The number of nitrogens with one attached hydrogen (secondary N) is 1. The first-order valence-corrected chi connectivity index (χ1v) is 6.07. The first-order chi connectivity index (χ1) is 8.60. The third-order valence-electron chi connectivity index (χ3n) is 2.87. The zero-order chi connectivity index (χ0) is 13.1. The van der Waals surface area contributed by atoms with Crippen molar-refractivity contribution in [1.29, 1.82) is 0 Å². The lowest BCUT2D eigenvalue weighted by Gasteiger charge is -2.14. The van der Waals surface area contributed by atoms with Crippen molar-refractivity contribution in [2.24, 2.45) is 7.05 Å². The molecule has 18 heavy (non-hydrogen) atoms. The molecular formula is C13H15ClFN3. The highest BCUT2D eigenvalue weighted by molar-refractivity contribution is 6.31. The SMILES string of the molecule is CNC(Cc1ccc(F)cc1Cl)c1cn(C)cn1. The Bertz CT molecular complexity index is 539. The summed E-state index contributed by atoms with van der Waals surface area (Å²) in [5, 5.41) is 3.64. The maximum absolute atomic E-state index is 13.0. The quantitative estimate of drug-likeness (QED) is 0.923. The van der Waals surface area contributed by atoms with Crippen molar-refractivity contribution in [3.8, 4) is 0 Å². The van der Waals surface area contributed by atoms with Crippen LogP contribution in [0.5, 0.6) is 0 Å². The van der Waals surface area contributed by atoms with E-state index in [0.717, 1.165) is 11.3 Å². The summed E-state index contributed by atoms with van der Waals surface area (Å²) < 4.78 is 14.9. The summed E-state index contributed by atoms with van der Waals surface area (Å²) in [7, 11) is 3.80. The first-order valence-electron chi connectivity index (χ1n) is 5.69. The van der Waals surface area contributed by atoms with E-state index in [1.807, 2.05) is 24.9 Å². The minimum Gasteiger partial charge on any atom is -0.340 e. The van der Waals surface area contributed by atoms with Crippen molar-refractivity contribution in [1.82, 2.24) is 14.9 Å². The molecule has 0 aliphatic carbocycles. The average molecular weight is 268 g/mol. The summed E-state index contributed by atoms with van der Waals surface area (Å²) in [6.07, 6.45) is 4.39. The van der Waals surface area contributed by atoms with Crippen molar-refractivity contribution in [2.75, 3.05) is 7.05 Å². The van der Waals surface area contributed by atoms with Gasteiger partial charge in [0.05, 0.1) is 18.1 Å². The highest BCUT2D eigenvalue weighted by Gasteiger charge is 2.14. The third-order valence-corrected chi connectivity index (χ3v) is 3.22. The van der Waals surface area contributed by atoms with Crippen molar-refractivity contribution in [3.63, 3.8) is 0 Å². The Balaban J connectivity index is 2.20. The van der Waals surface area contributed by atoms with Crippen molar-refractivity contribution in [2.45, 2.75) is 12.5 Å².